The maximum absolute atomic E-state index is 12.3. The zero-order valence-electron chi connectivity index (χ0n) is 16.6. The Kier molecular flexibility index (Phi) is 8.15. The number of hydrogen-bond donors (Lipinski definition) is 3. The van der Waals surface area contributed by atoms with Gasteiger partial charge < -0.3 is 20.6 Å². The van der Waals surface area contributed by atoms with Crippen molar-refractivity contribution in [1.29, 1.82) is 0 Å². The van der Waals surface area contributed by atoms with Crippen molar-refractivity contribution < 1.29 is 14.7 Å². The number of hydrogen-bond acceptors (Lipinski definition) is 4. The smallest absolute Gasteiger partial charge is 0.317 e. The lowest BCUT2D eigenvalue weighted by Crippen LogP contribution is -2.58. The third-order valence-corrected chi connectivity index (χ3v) is 4.93. The molecule has 1 unspecified atom stereocenters. The normalized spacial score (nSPS) is 21.8. The largest absolute Gasteiger partial charge is 0.480 e. The molecular weight excluding hydrogens is 320 g/mol. The standard InChI is InChI=1S/C18H36N4O3/c1-7-22(12-16(23)24)14-10-13(11-14)19-17(25)20-15(18(2,3)4)8-9-21(5)6/h13-15H,7-12H2,1-6H3,(H,23,24)(H2,19,20,25). The van der Waals surface area contributed by atoms with E-state index in [-0.39, 0.29) is 36.1 Å². The van der Waals surface area contributed by atoms with Crippen molar-refractivity contribution in [1.82, 2.24) is 20.4 Å². The van der Waals surface area contributed by atoms with Crippen molar-refractivity contribution in [3.05, 3.63) is 0 Å². The first-order chi connectivity index (χ1) is 11.5. The van der Waals surface area contributed by atoms with Gasteiger partial charge in [0, 0.05) is 18.1 Å². The van der Waals surface area contributed by atoms with Crippen LogP contribution in [0.4, 0.5) is 4.79 Å². The molecule has 0 aromatic heterocycles. The molecular formula is C18H36N4O3. The molecule has 0 heterocycles. The SMILES string of the molecule is CCN(CC(=O)O)C1CC(NC(=O)NC(CCN(C)C)C(C)(C)C)C1. The summed E-state index contributed by atoms with van der Waals surface area (Å²) in [4.78, 5) is 27.3. The number of urea groups is 1. The van der Waals surface area contributed by atoms with E-state index >= 15 is 0 Å². The van der Waals surface area contributed by atoms with Gasteiger partial charge in [0.1, 0.15) is 0 Å². The predicted octanol–water partition coefficient (Wildman–Crippen LogP) is 1.59. The summed E-state index contributed by atoms with van der Waals surface area (Å²) in [6.45, 7) is 10.1. The van der Waals surface area contributed by atoms with Gasteiger partial charge in [0.15, 0.2) is 0 Å². The summed E-state index contributed by atoms with van der Waals surface area (Å²) >= 11 is 0. The Bertz CT molecular complexity index is 442. The molecule has 0 aromatic carbocycles. The van der Waals surface area contributed by atoms with E-state index in [2.05, 4.69) is 36.3 Å². The minimum absolute atomic E-state index is 0.00397. The number of carbonyl (C=O) groups is 2. The summed E-state index contributed by atoms with van der Waals surface area (Å²) in [5.74, 6) is -0.801. The molecule has 146 valence electrons. The second-order valence-electron chi connectivity index (χ2n) is 8.41. The summed E-state index contributed by atoms with van der Waals surface area (Å²) < 4.78 is 0. The molecule has 0 radical (unpaired) electrons. The van der Waals surface area contributed by atoms with Crippen molar-refractivity contribution >= 4 is 12.0 Å². The molecule has 1 fully saturated rings. The van der Waals surface area contributed by atoms with E-state index in [1.54, 1.807) is 0 Å². The number of nitrogens with one attached hydrogen (secondary N) is 2. The number of carboxylic acids is 1. The monoisotopic (exact) mass is 356 g/mol. The molecule has 7 heteroatoms. The number of likely N-dealkylation sites (N-methyl/N-ethyl adjacent to an activating group) is 1. The van der Waals surface area contributed by atoms with Crippen molar-refractivity contribution in [3.63, 3.8) is 0 Å². The van der Waals surface area contributed by atoms with Gasteiger partial charge in [-0.15, -0.1) is 0 Å². The Morgan fingerprint density at radius 1 is 1.24 bits per heavy atom. The summed E-state index contributed by atoms with van der Waals surface area (Å²) in [6, 6.07) is 0.356. The zero-order valence-corrected chi connectivity index (χ0v) is 16.6. The molecule has 25 heavy (non-hydrogen) atoms. The topological polar surface area (TPSA) is 84.9 Å². The van der Waals surface area contributed by atoms with Crippen LogP contribution >= 0.6 is 0 Å². The fourth-order valence-electron chi connectivity index (χ4n) is 3.17. The van der Waals surface area contributed by atoms with E-state index in [1.165, 1.54) is 0 Å². The average Bonchev–Trinajstić information content (AvgIpc) is 2.43. The Labute approximate surface area is 152 Å². The van der Waals surface area contributed by atoms with Crippen LogP contribution in [0.1, 0.15) is 47.0 Å². The van der Waals surface area contributed by atoms with Gasteiger partial charge >= 0.3 is 12.0 Å². The highest BCUT2D eigenvalue weighted by atomic mass is 16.4. The van der Waals surface area contributed by atoms with E-state index in [0.29, 0.717) is 6.54 Å². The highest BCUT2D eigenvalue weighted by Crippen LogP contribution is 2.26. The molecule has 1 aliphatic carbocycles. The molecule has 0 spiro atoms. The van der Waals surface area contributed by atoms with Crippen LogP contribution in [0.15, 0.2) is 0 Å². The Hall–Kier alpha value is -1.34. The van der Waals surface area contributed by atoms with Crippen LogP contribution in [0, 0.1) is 5.41 Å². The highest BCUT2D eigenvalue weighted by Gasteiger charge is 2.35. The van der Waals surface area contributed by atoms with Crippen molar-refractivity contribution in [2.24, 2.45) is 5.41 Å². The van der Waals surface area contributed by atoms with Crippen LogP contribution in [0.5, 0.6) is 0 Å². The van der Waals surface area contributed by atoms with Gasteiger partial charge in [-0.2, -0.15) is 0 Å². The Balaban J connectivity index is 2.42. The van der Waals surface area contributed by atoms with E-state index < -0.39 is 5.97 Å². The van der Waals surface area contributed by atoms with Gasteiger partial charge in [-0.25, -0.2) is 4.79 Å². The van der Waals surface area contributed by atoms with E-state index in [4.69, 9.17) is 5.11 Å². The van der Waals surface area contributed by atoms with Gasteiger partial charge in [0.2, 0.25) is 0 Å². The maximum Gasteiger partial charge on any atom is 0.317 e. The van der Waals surface area contributed by atoms with Crippen LogP contribution in [0.25, 0.3) is 0 Å². The maximum atomic E-state index is 12.3. The van der Waals surface area contributed by atoms with Crippen LogP contribution in [-0.4, -0.2) is 78.8 Å². The highest BCUT2D eigenvalue weighted by molar-refractivity contribution is 5.74. The first kappa shape index (κ1) is 21.7. The predicted molar refractivity (Wildman–Crippen MR) is 99.8 cm³/mol. The summed E-state index contributed by atoms with van der Waals surface area (Å²) in [5, 5.41) is 15.1. The summed E-state index contributed by atoms with van der Waals surface area (Å²) in [6.07, 6.45) is 2.53. The molecule has 0 aromatic rings. The minimum Gasteiger partial charge on any atom is -0.480 e. The number of rotatable bonds is 9. The second-order valence-corrected chi connectivity index (χ2v) is 8.41. The van der Waals surface area contributed by atoms with E-state index in [1.807, 2.05) is 25.9 Å². The first-order valence-corrected chi connectivity index (χ1v) is 9.20. The molecule has 1 saturated carbocycles. The van der Waals surface area contributed by atoms with Gasteiger partial charge in [-0.3, -0.25) is 9.69 Å². The molecule has 0 bridgehead atoms. The molecule has 7 nitrogen and oxygen atoms in total. The second kappa shape index (κ2) is 9.38. The molecule has 1 atom stereocenters. The minimum atomic E-state index is -0.801. The van der Waals surface area contributed by atoms with Crippen molar-refractivity contribution in [3.8, 4) is 0 Å². The fraction of sp³-hybridized carbons (Fsp3) is 0.889. The van der Waals surface area contributed by atoms with Gasteiger partial charge in [-0.1, -0.05) is 27.7 Å². The van der Waals surface area contributed by atoms with E-state index in [9.17, 15) is 9.59 Å². The number of aliphatic carboxylic acids is 1. The zero-order chi connectivity index (χ0) is 19.2. The van der Waals surface area contributed by atoms with Crippen LogP contribution < -0.4 is 10.6 Å². The van der Waals surface area contributed by atoms with Crippen LogP contribution in [-0.2, 0) is 4.79 Å². The van der Waals surface area contributed by atoms with Gasteiger partial charge in [0.25, 0.3) is 0 Å². The number of nitrogens with zero attached hydrogens (tertiary/aromatic N) is 2. The fourth-order valence-corrected chi connectivity index (χ4v) is 3.17. The number of amides is 2. The lowest BCUT2D eigenvalue weighted by Gasteiger charge is -2.42. The van der Waals surface area contributed by atoms with Crippen LogP contribution in [0.2, 0.25) is 0 Å². The van der Waals surface area contributed by atoms with E-state index in [0.717, 1.165) is 25.8 Å². The lowest BCUT2D eigenvalue weighted by atomic mass is 9.84. The third-order valence-electron chi connectivity index (χ3n) is 4.93. The van der Waals surface area contributed by atoms with Crippen molar-refractivity contribution in [2.75, 3.05) is 33.7 Å². The lowest BCUT2D eigenvalue weighted by molar-refractivity contribution is -0.139. The van der Waals surface area contributed by atoms with Gasteiger partial charge in [0.05, 0.1) is 6.54 Å². The molecule has 1 aliphatic rings. The molecule has 3 N–H and O–H groups in total. The number of carboxylic acid groups (broad SMARTS) is 1. The molecule has 1 rings (SSSR count). The Morgan fingerprint density at radius 3 is 2.28 bits per heavy atom. The number of carbonyl (C=O) groups excluding carboxylic acids is 1. The van der Waals surface area contributed by atoms with Gasteiger partial charge in [-0.05, 0) is 51.9 Å². The van der Waals surface area contributed by atoms with Crippen LogP contribution in [0.3, 0.4) is 0 Å². The molecule has 0 aliphatic heterocycles. The first-order valence-electron chi connectivity index (χ1n) is 9.20. The molecule has 2 amide bonds. The van der Waals surface area contributed by atoms with Crippen molar-refractivity contribution in [2.45, 2.75) is 65.1 Å². The average molecular weight is 357 g/mol. The quantitative estimate of drug-likeness (QED) is 0.584. The Morgan fingerprint density at radius 2 is 1.84 bits per heavy atom. The summed E-state index contributed by atoms with van der Waals surface area (Å²) in [5.41, 5.74) is -0.00397. The third kappa shape index (κ3) is 7.61. The summed E-state index contributed by atoms with van der Waals surface area (Å²) in [7, 11) is 4.07. The molecule has 0 saturated heterocycles.